The summed E-state index contributed by atoms with van der Waals surface area (Å²) >= 11 is 0. The summed E-state index contributed by atoms with van der Waals surface area (Å²) in [7, 11) is -3.58. The van der Waals surface area contributed by atoms with Gasteiger partial charge in [-0.2, -0.15) is 4.31 Å². The molecule has 27 heavy (non-hydrogen) atoms. The van der Waals surface area contributed by atoms with E-state index in [0.29, 0.717) is 18.7 Å². The van der Waals surface area contributed by atoms with E-state index in [1.807, 2.05) is 25.1 Å². The lowest BCUT2D eigenvalue weighted by Gasteiger charge is -2.19. The number of nitrogens with zero attached hydrogens (tertiary/aromatic N) is 1. The average Bonchev–Trinajstić information content (AvgIpc) is 2.68. The van der Waals surface area contributed by atoms with Crippen molar-refractivity contribution in [1.29, 1.82) is 0 Å². The van der Waals surface area contributed by atoms with Gasteiger partial charge in [0.1, 0.15) is 0 Å². The summed E-state index contributed by atoms with van der Waals surface area (Å²) in [5.74, 6) is -0.257. The highest BCUT2D eigenvalue weighted by Crippen LogP contribution is 2.17. The van der Waals surface area contributed by atoms with Gasteiger partial charge in [-0.15, -0.1) is 0 Å². The molecule has 5 nitrogen and oxygen atoms in total. The van der Waals surface area contributed by atoms with E-state index < -0.39 is 10.0 Å². The Kier molecular flexibility index (Phi) is 7.56. The Bertz CT molecular complexity index is 847. The van der Waals surface area contributed by atoms with Crippen LogP contribution in [0.3, 0.4) is 0 Å². The van der Waals surface area contributed by atoms with Crippen molar-refractivity contribution in [3.05, 3.63) is 65.7 Å². The van der Waals surface area contributed by atoms with Crippen molar-refractivity contribution < 1.29 is 13.2 Å². The molecule has 2 aromatic rings. The molecule has 2 aromatic carbocycles. The van der Waals surface area contributed by atoms with Crippen molar-refractivity contribution in [3.8, 4) is 0 Å². The SMILES string of the molecule is CCN(CC)S(=O)(=O)c1cccc(C(=O)N[C@H](C)CCc2ccccc2)c1. The number of hydrogen-bond acceptors (Lipinski definition) is 3. The van der Waals surface area contributed by atoms with Crippen LogP contribution in [-0.4, -0.2) is 37.8 Å². The van der Waals surface area contributed by atoms with E-state index in [2.05, 4.69) is 17.4 Å². The molecule has 0 radical (unpaired) electrons. The van der Waals surface area contributed by atoms with Gasteiger partial charge in [-0.05, 0) is 43.5 Å². The summed E-state index contributed by atoms with van der Waals surface area (Å²) in [6.45, 7) is 6.34. The summed E-state index contributed by atoms with van der Waals surface area (Å²) in [6, 6.07) is 16.3. The number of hydrogen-bond donors (Lipinski definition) is 1. The van der Waals surface area contributed by atoms with E-state index in [4.69, 9.17) is 0 Å². The van der Waals surface area contributed by atoms with Crippen LogP contribution in [0.5, 0.6) is 0 Å². The van der Waals surface area contributed by atoms with Gasteiger partial charge in [0.2, 0.25) is 10.0 Å². The number of benzene rings is 2. The quantitative estimate of drug-likeness (QED) is 0.715. The molecule has 6 heteroatoms. The zero-order valence-corrected chi connectivity index (χ0v) is 17.0. The van der Waals surface area contributed by atoms with Crippen molar-refractivity contribution in [2.75, 3.05) is 13.1 Å². The van der Waals surface area contributed by atoms with Gasteiger partial charge in [0.25, 0.3) is 5.91 Å². The highest BCUT2D eigenvalue weighted by Gasteiger charge is 2.22. The fourth-order valence-corrected chi connectivity index (χ4v) is 4.42. The van der Waals surface area contributed by atoms with E-state index in [-0.39, 0.29) is 16.8 Å². The lowest BCUT2D eigenvalue weighted by Crippen LogP contribution is -2.33. The molecule has 0 aromatic heterocycles. The predicted molar refractivity (Wildman–Crippen MR) is 108 cm³/mol. The number of nitrogens with one attached hydrogen (secondary N) is 1. The van der Waals surface area contributed by atoms with Crippen LogP contribution in [0.1, 0.15) is 43.1 Å². The monoisotopic (exact) mass is 388 g/mol. The van der Waals surface area contributed by atoms with Crippen LogP contribution in [0.25, 0.3) is 0 Å². The molecule has 1 amide bonds. The molecule has 1 atom stereocenters. The second-order valence-corrected chi connectivity index (χ2v) is 8.45. The van der Waals surface area contributed by atoms with Crippen LogP contribution in [-0.2, 0) is 16.4 Å². The van der Waals surface area contributed by atoms with E-state index in [9.17, 15) is 13.2 Å². The van der Waals surface area contributed by atoms with Crippen molar-refractivity contribution in [1.82, 2.24) is 9.62 Å². The molecule has 1 N–H and O–H groups in total. The minimum absolute atomic E-state index is 0.0132. The summed E-state index contributed by atoms with van der Waals surface area (Å²) < 4.78 is 26.7. The van der Waals surface area contributed by atoms with Crippen molar-refractivity contribution >= 4 is 15.9 Å². The molecule has 146 valence electrons. The Labute approximate surface area is 162 Å². The van der Waals surface area contributed by atoms with E-state index in [1.54, 1.807) is 26.0 Å². The highest BCUT2D eigenvalue weighted by molar-refractivity contribution is 7.89. The van der Waals surface area contributed by atoms with Gasteiger partial charge >= 0.3 is 0 Å². The first-order chi connectivity index (χ1) is 12.9. The molecule has 0 saturated carbocycles. The maximum absolute atomic E-state index is 12.6. The Hall–Kier alpha value is -2.18. The highest BCUT2D eigenvalue weighted by atomic mass is 32.2. The van der Waals surface area contributed by atoms with Crippen LogP contribution < -0.4 is 5.32 Å². The van der Waals surface area contributed by atoms with Gasteiger partial charge in [-0.3, -0.25) is 4.79 Å². The van der Waals surface area contributed by atoms with E-state index in [0.717, 1.165) is 12.8 Å². The Morgan fingerprint density at radius 1 is 1.04 bits per heavy atom. The zero-order chi connectivity index (χ0) is 19.9. The lowest BCUT2D eigenvalue weighted by molar-refractivity contribution is 0.0938. The van der Waals surface area contributed by atoms with E-state index in [1.165, 1.54) is 22.0 Å². The summed E-state index contributed by atoms with van der Waals surface area (Å²) in [5.41, 5.74) is 1.58. The first kappa shape index (κ1) is 21.1. The number of carbonyl (C=O) groups is 1. The summed E-state index contributed by atoms with van der Waals surface area (Å²) in [6.07, 6.45) is 1.69. The maximum atomic E-state index is 12.6. The zero-order valence-electron chi connectivity index (χ0n) is 16.2. The molecule has 0 unspecified atom stereocenters. The third kappa shape index (κ3) is 5.65. The third-order valence-corrected chi connectivity index (χ3v) is 6.57. The number of aryl methyl sites for hydroxylation is 1. The topological polar surface area (TPSA) is 66.5 Å². The van der Waals surface area contributed by atoms with Crippen molar-refractivity contribution in [2.24, 2.45) is 0 Å². The van der Waals surface area contributed by atoms with Gasteiger partial charge in [0.05, 0.1) is 4.90 Å². The second kappa shape index (κ2) is 9.67. The van der Waals surface area contributed by atoms with Gasteiger partial charge < -0.3 is 5.32 Å². The molecule has 0 bridgehead atoms. The Morgan fingerprint density at radius 3 is 2.33 bits per heavy atom. The van der Waals surface area contributed by atoms with Gasteiger partial charge in [0.15, 0.2) is 0 Å². The standard InChI is InChI=1S/C21H28N2O3S/c1-4-23(5-2)27(25,26)20-13-9-12-19(16-20)21(24)22-17(3)14-15-18-10-7-6-8-11-18/h6-13,16-17H,4-5,14-15H2,1-3H3,(H,22,24)/t17-/m1/s1. The molecule has 0 aliphatic rings. The predicted octanol–water partition coefficient (Wildman–Crippen LogP) is 3.47. The molecule has 0 spiro atoms. The number of carbonyl (C=O) groups excluding carboxylic acids is 1. The van der Waals surface area contributed by atoms with Crippen LogP contribution in [0.2, 0.25) is 0 Å². The van der Waals surface area contributed by atoms with E-state index >= 15 is 0 Å². The smallest absolute Gasteiger partial charge is 0.251 e. The van der Waals surface area contributed by atoms with Crippen LogP contribution in [0.15, 0.2) is 59.5 Å². The largest absolute Gasteiger partial charge is 0.350 e. The third-order valence-electron chi connectivity index (χ3n) is 4.53. The number of rotatable bonds is 9. The number of sulfonamides is 1. The van der Waals surface area contributed by atoms with Crippen LogP contribution >= 0.6 is 0 Å². The molecule has 2 rings (SSSR count). The Balaban J connectivity index is 2.04. The molecule has 0 saturated heterocycles. The van der Waals surface area contributed by atoms with Crippen molar-refractivity contribution in [3.63, 3.8) is 0 Å². The lowest BCUT2D eigenvalue weighted by atomic mass is 10.1. The normalized spacial score (nSPS) is 12.7. The van der Waals surface area contributed by atoms with Crippen LogP contribution in [0, 0.1) is 0 Å². The molecule has 0 heterocycles. The summed E-state index contributed by atoms with van der Waals surface area (Å²) in [4.78, 5) is 12.7. The fourth-order valence-electron chi connectivity index (χ4n) is 2.92. The van der Waals surface area contributed by atoms with Crippen molar-refractivity contribution in [2.45, 2.75) is 44.6 Å². The second-order valence-electron chi connectivity index (χ2n) is 6.52. The van der Waals surface area contributed by atoms with Gasteiger partial charge in [-0.1, -0.05) is 50.2 Å². The molecule has 0 fully saturated rings. The molecule has 0 aliphatic carbocycles. The summed E-state index contributed by atoms with van der Waals surface area (Å²) in [5, 5.41) is 2.95. The maximum Gasteiger partial charge on any atom is 0.251 e. The van der Waals surface area contributed by atoms with Gasteiger partial charge in [0, 0.05) is 24.7 Å². The first-order valence-corrected chi connectivity index (χ1v) is 10.8. The molecular weight excluding hydrogens is 360 g/mol. The fraction of sp³-hybridized carbons (Fsp3) is 0.381. The average molecular weight is 389 g/mol. The molecule has 0 aliphatic heterocycles. The van der Waals surface area contributed by atoms with Gasteiger partial charge in [-0.25, -0.2) is 8.42 Å². The van der Waals surface area contributed by atoms with Crippen LogP contribution in [0.4, 0.5) is 0 Å². The number of amides is 1. The Morgan fingerprint density at radius 2 is 1.70 bits per heavy atom. The first-order valence-electron chi connectivity index (χ1n) is 9.33. The molecular formula is C21H28N2O3S. The minimum atomic E-state index is -3.58. The minimum Gasteiger partial charge on any atom is -0.350 e.